The van der Waals surface area contributed by atoms with E-state index in [1.807, 2.05) is 6.92 Å². The first-order valence-electron chi connectivity index (χ1n) is 5.17. The minimum Gasteiger partial charge on any atom is -0.450 e. The Balaban J connectivity index is 3.83. The summed E-state index contributed by atoms with van der Waals surface area (Å²) in [6.07, 6.45) is 2.99. The normalized spacial score (nSPS) is 9.77. The molecule has 0 aromatic rings. The lowest BCUT2D eigenvalue weighted by Gasteiger charge is -2.20. The molecule has 0 spiro atoms. The van der Waals surface area contributed by atoms with Crippen molar-refractivity contribution in [3.63, 3.8) is 0 Å². The molecule has 0 N–H and O–H groups in total. The van der Waals surface area contributed by atoms with Crippen molar-refractivity contribution in [3.8, 4) is 0 Å². The van der Waals surface area contributed by atoms with E-state index in [0.717, 1.165) is 32.4 Å². The van der Waals surface area contributed by atoms with Gasteiger partial charge in [0, 0.05) is 13.1 Å². The number of nitrogens with zero attached hydrogens (tertiary/aromatic N) is 1. The molecule has 0 aliphatic heterocycles. The van der Waals surface area contributed by atoms with Gasteiger partial charge in [-0.3, -0.25) is 0 Å². The molecule has 78 valence electrons. The SMILES string of the molecule is CCCCN(CCC)C(=O)OCC. The van der Waals surface area contributed by atoms with Crippen molar-refractivity contribution in [1.82, 2.24) is 4.90 Å². The van der Waals surface area contributed by atoms with Crippen LogP contribution in [0.3, 0.4) is 0 Å². The third-order valence-electron chi connectivity index (χ3n) is 1.80. The van der Waals surface area contributed by atoms with E-state index in [1.54, 1.807) is 4.90 Å². The Hall–Kier alpha value is -0.730. The highest BCUT2D eigenvalue weighted by Gasteiger charge is 2.11. The number of hydrogen-bond acceptors (Lipinski definition) is 2. The van der Waals surface area contributed by atoms with Gasteiger partial charge in [0.25, 0.3) is 0 Å². The minimum atomic E-state index is -0.169. The van der Waals surface area contributed by atoms with E-state index in [0.29, 0.717) is 6.61 Å². The quantitative estimate of drug-likeness (QED) is 0.639. The number of rotatable bonds is 6. The average molecular weight is 187 g/mol. The molecule has 0 fully saturated rings. The van der Waals surface area contributed by atoms with Crippen LogP contribution in [-0.2, 0) is 4.74 Å². The maximum absolute atomic E-state index is 11.3. The molecule has 0 aromatic heterocycles. The number of unbranched alkanes of at least 4 members (excludes halogenated alkanes) is 1. The number of amides is 1. The molecule has 0 radical (unpaired) electrons. The van der Waals surface area contributed by atoms with Gasteiger partial charge in [-0.1, -0.05) is 20.3 Å². The van der Waals surface area contributed by atoms with Gasteiger partial charge in [-0.05, 0) is 19.8 Å². The molecule has 0 saturated heterocycles. The fourth-order valence-electron chi connectivity index (χ4n) is 1.13. The third-order valence-corrected chi connectivity index (χ3v) is 1.80. The first kappa shape index (κ1) is 12.3. The van der Waals surface area contributed by atoms with Crippen LogP contribution in [0.2, 0.25) is 0 Å². The van der Waals surface area contributed by atoms with Crippen LogP contribution in [0.4, 0.5) is 4.79 Å². The molecule has 0 heterocycles. The Kier molecular flexibility index (Phi) is 7.45. The molecule has 0 saturated carbocycles. The number of carbonyl (C=O) groups excluding carboxylic acids is 1. The molecule has 0 unspecified atom stereocenters. The first-order chi connectivity index (χ1) is 6.26. The highest BCUT2D eigenvalue weighted by molar-refractivity contribution is 5.67. The van der Waals surface area contributed by atoms with Crippen molar-refractivity contribution in [1.29, 1.82) is 0 Å². The standard InChI is InChI=1S/C10H21NO2/c1-4-7-9-11(8-5-2)10(12)13-6-3/h4-9H2,1-3H3. The zero-order chi connectivity index (χ0) is 10.1. The first-order valence-corrected chi connectivity index (χ1v) is 5.17. The molecule has 0 bridgehead atoms. The van der Waals surface area contributed by atoms with Crippen LogP contribution in [0.1, 0.15) is 40.0 Å². The van der Waals surface area contributed by atoms with Crippen molar-refractivity contribution in [2.24, 2.45) is 0 Å². The Bertz CT molecular complexity index is 137. The van der Waals surface area contributed by atoms with Gasteiger partial charge in [0.2, 0.25) is 0 Å². The van der Waals surface area contributed by atoms with E-state index >= 15 is 0 Å². The second-order valence-electron chi connectivity index (χ2n) is 3.04. The summed E-state index contributed by atoms with van der Waals surface area (Å²) in [5.41, 5.74) is 0. The van der Waals surface area contributed by atoms with Crippen LogP contribution in [0, 0.1) is 0 Å². The number of ether oxygens (including phenoxy) is 1. The van der Waals surface area contributed by atoms with E-state index in [-0.39, 0.29) is 6.09 Å². The second-order valence-corrected chi connectivity index (χ2v) is 3.04. The van der Waals surface area contributed by atoms with Gasteiger partial charge in [0.1, 0.15) is 0 Å². The molecule has 13 heavy (non-hydrogen) atoms. The molecule has 0 aliphatic rings. The maximum Gasteiger partial charge on any atom is 0.409 e. The third kappa shape index (κ3) is 5.50. The van der Waals surface area contributed by atoms with E-state index in [4.69, 9.17) is 4.74 Å². The summed E-state index contributed by atoms with van der Waals surface area (Å²) < 4.78 is 4.94. The van der Waals surface area contributed by atoms with Crippen LogP contribution in [0.5, 0.6) is 0 Å². The molecule has 0 rings (SSSR count). The van der Waals surface area contributed by atoms with Crippen molar-refractivity contribution >= 4 is 6.09 Å². The molecular weight excluding hydrogens is 166 g/mol. The average Bonchev–Trinajstić information content (AvgIpc) is 2.12. The highest BCUT2D eigenvalue weighted by atomic mass is 16.6. The summed E-state index contributed by atoms with van der Waals surface area (Å²) in [5.74, 6) is 0. The predicted octanol–water partition coefficient (Wildman–Crippen LogP) is 2.66. The Morgan fingerprint density at radius 2 is 1.85 bits per heavy atom. The largest absolute Gasteiger partial charge is 0.450 e. The lowest BCUT2D eigenvalue weighted by Crippen LogP contribution is -2.33. The van der Waals surface area contributed by atoms with Crippen molar-refractivity contribution < 1.29 is 9.53 Å². The fraction of sp³-hybridized carbons (Fsp3) is 0.900. The summed E-state index contributed by atoms with van der Waals surface area (Å²) in [7, 11) is 0. The van der Waals surface area contributed by atoms with Crippen LogP contribution < -0.4 is 0 Å². The monoisotopic (exact) mass is 187 g/mol. The molecule has 0 atom stereocenters. The van der Waals surface area contributed by atoms with Gasteiger partial charge >= 0.3 is 6.09 Å². The summed E-state index contributed by atoms with van der Waals surface area (Å²) in [6, 6.07) is 0. The van der Waals surface area contributed by atoms with Gasteiger partial charge in [0.15, 0.2) is 0 Å². The van der Waals surface area contributed by atoms with Crippen LogP contribution >= 0.6 is 0 Å². The molecule has 0 aromatic carbocycles. The molecule has 3 nitrogen and oxygen atoms in total. The van der Waals surface area contributed by atoms with E-state index in [9.17, 15) is 4.79 Å². The summed E-state index contributed by atoms with van der Waals surface area (Å²) in [5, 5.41) is 0. The van der Waals surface area contributed by atoms with E-state index in [1.165, 1.54) is 0 Å². The van der Waals surface area contributed by atoms with Crippen LogP contribution in [0.25, 0.3) is 0 Å². The summed E-state index contributed by atoms with van der Waals surface area (Å²) in [4.78, 5) is 13.1. The zero-order valence-corrected chi connectivity index (χ0v) is 9.01. The Morgan fingerprint density at radius 3 is 2.31 bits per heavy atom. The summed E-state index contributed by atoms with van der Waals surface area (Å²) in [6.45, 7) is 8.11. The van der Waals surface area contributed by atoms with Crippen molar-refractivity contribution in [2.45, 2.75) is 40.0 Å². The van der Waals surface area contributed by atoms with Crippen molar-refractivity contribution in [2.75, 3.05) is 19.7 Å². The highest BCUT2D eigenvalue weighted by Crippen LogP contribution is 1.99. The molecular formula is C10H21NO2. The number of carbonyl (C=O) groups is 1. The predicted molar refractivity (Wildman–Crippen MR) is 53.8 cm³/mol. The second kappa shape index (κ2) is 7.90. The van der Waals surface area contributed by atoms with Gasteiger partial charge in [-0.25, -0.2) is 4.79 Å². The topological polar surface area (TPSA) is 29.5 Å². The van der Waals surface area contributed by atoms with Gasteiger partial charge in [-0.15, -0.1) is 0 Å². The lowest BCUT2D eigenvalue weighted by molar-refractivity contribution is 0.106. The van der Waals surface area contributed by atoms with E-state index < -0.39 is 0 Å². The van der Waals surface area contributed by atoms with Gasteiger partial charge in [0.05, 0.1) is 6.61 Å². The fourth-order valence-corrected chi connectivity index (χ4v) is 1.13. The molecule has 1 amide bonds. The summed E-state index contributed by atoms with van der Waals surface area (Å²) >= 11 is 0. The Labute approximate surface area is 81.1 Å². The van der Waals surface area contributed by atoms with Gasteiger partial charge < -0.3 is 9.64 Å². The van der Waals surface area contributed by atoms with Crippen molar-refractivity contribution in [3.05, 3.63) is 0 Å². The zero-order valence-electron chi connectivity index (χ0n) is 9.01. The van der Waals surface area contributed by atoms with Crippen LogP contribution in [-0.4, -0.2) is 30.7 Å². The smallest absolute Gasteiger partial charge is 0.409 e. The van der Waals surface area contributed by atoms with Crippen LogP contribution in [0.15, 0.2) is 0 Å². The molecule has 0 aliphatic carbocycles. The number of hydrogen-bond donors (Lipinski definition) is 0. The van der Waals surface area contributed by atoms with E-state index in [2.05, 4.69) is 13.8 Å². The Morgan fingerprint density at radius 1 is 1.15 bits per heavy atom. The molecule has 3 heteroatoms. The minimum absolute atomic E-state index is 0.169. The maximum atomic E-state index is 11.3. The van der Waals surface area contributed by atoms with Gasteiger partial charge in [-0.2, -0.15) is 0 Å². The lowest BCUT2D eigenvalue weighted by atomic mass is 10.3.